The van der Waals surface area contributed by atoms with Gasteiger partial charge < -0.3 is 0 Å². The van der Waals surface area contributed by atoms with Crippen LogP contribution in [0.5, 0.6) is 0 Å². The summed E-state index contributed by atoms with van der Waals surface area (Å²) in [5.41, 5.74) is 10.9. The predicted octanol–water partition coefficient (Wildman–Crippen LogP) is 10.6. The van der Waals surface area contributed by atoms with Gasteiger partial charge in [0, 0.05) is 36.3 Å². The van der Waals surface area contributed by atoms with Gasteiger partial charge in [0.15, 0.2) is 5.84 Å². The monoisotopic (exact) mass is 630 g/mol. The van der Waals surface area contributed by atoms with Gasteiger partial charge in [-0.1, -0.05) is 109 Å². The Hall–Kier alpha value is -6.00. The van der Waals surface area contributed by atoms with Gasteiger partial charge in [-0.2, -0.15) is 0 Å². The highest BCUT2D eigenvalue weighted by Gasteiger charge is 2.24. The van der Waals surface area contributed by atoms with E-state index in [9.17, 15) is 0 Å². The third-order valence-electron chi connectivity index (χ3n) is 10.1. The second-order valence-corrected chi connectivity index (χ2v) is 12.9. The molecular weight excluding hydrogens is 597 g/mol. The maximum absolute atomic E-state index is 5.34. The Balaban J connectivity index is 1.09. The van der Waals surface area contributed by atoms with Gasteiger partial charge >= 0.3 is 0 Å². The van der Waals surface area contributed by atoms with Crippen LogP contribution >= 0.6 is 0 Å². The minimum absolute atomic E-state index is 0.0489. The van der Waals surface area contributed by atoms with Crippen molar-refractivity contribution in [1.29, 1.82) is 0 Å². The number of allylic oxidation sites excluding steroid dienone is 1. The number of aliphatic imine (C=N–C) groups is 2. The summed E-state index contributed by atoms with van der Waals surface area (Å²) in [6.07, 6.45) is 14.7. The Morgan fingerprint density at radius 1 is 0.571 bits per heavy atom. The lowest BCUT2D eigenvalue weighted by Crippen LogP contribution is -2.07. The average Bonchev–Trinajstić information content (AvgIpc) is 3.42. The fourth-order valence-corrected chi connectivity index (χ4v) is 7.69. The van der Waals surface area contributed by atoms with E-state index in [1.54, 1.807) is 0 Å². The lowest BCUT2D eigenvalue weighted by atomic mass is 9.80. The molecule has 2 aliphatic rings. The molecule has 0 spiro atoms. The van der Waals surface area contributed by atoms with E-state index in [1.165, 1.54) is 54.9 Å². The third-order valence-corrected chi connectivity index (χ3v) is 10.1. The van der Waals surface area contributed by atoms with E-state index in [0.717, 1.165) is 41.9 Å². The number of nitrogens with zero attached hydrogens (tertiary/aromatic N) is 4. The van der Waals surface area contributed by atoms with Crippen molar-refractivity contribution >= 4 is 39.2 Å². The topological polar surface area (TPSA) is 50.5 Å². The van der Waals surface area contributed by atoms with Crippen molar-refractivity contribution in [2.75, 3.05) is 0 Å². The van der Waals surface area contributed by atoms with Gasteiger partial charge in [0.1, 0.15) is 0 Å². The second-order valence-electron chi connectivity index (χ2n) is 12.9. The number of fused-ring (bicyclic) bond motifs is 6. The zero-order valence-corrected chi connectivity index (χ0v) is 27.1. The minimum atomic E-state index is -0.0489. The van der Waals surface area contributed by atoms with Gasteiger partial charge in [-0.15, -0.1) is 0 Å². The van der Waals surface area contributed by atoms with Gasteiger partial charge in [-0.25, -0.2) is 4.99 Å². The highest BCUT2D eigenvalue weighted by atomic mass is 15.0. The molecule has 0 saturated heterocycles. The zero-order chi connectivity index (χ0) is 32.6. The lowest BCUT2D eigenvalue weighted by Gasteiger charge is -2.24. The van der Waals surface area contributed by atoms with Gasteiger partial charge in [0.2, 0.25) is 0 Å². The van der Waals surface area contributed by atoms with Gasteiger partial charge in [-0.05, 0) is 104 Å². The molecule has 0 bridgehead atoms. The first-order valence-corrected chi connectivity index (χ1v) is 17.1. The molecule has 234 valence electrons. The summed E-state index contributed by atoms with van der Waals surface area (Å²) in [5.74, 6) is 1.03. The molecule has 9 rings (SSSR count). The standard InChI is InChI=1S/C45H34N4/c1-6-15-41(44-19-18-43(30-20-24-46-25-21-30)48-45(49-44)31-22-26-47-27-23-31)35(10-1)34-9-7-8-32(28-34)33-16-17-40-38-13-3-2-11-36(38)37-12-4-5-14-39(37)42(40)29-33/h1-17,20-28,33,44H,18-19,29H2. The first-order chi connectivity index (χ1) is 24.3. The summed E-state index contributed by atoms with van der Waals surface area (Å²) in [4.78, 5) is 18.9. The predicted molar refractivity (Wildman–Crippen MR) is 202 cm³/mol. The van der Waals surface area contributed by atoms with E-state index >= 15 is 0 Å². The summed E-state index contributed by atoms with van der Waals surface area (Å²) in [6.45, 7) is 0. The van der Waals surface area contributed by atoms with Crippen LogP contribution in [0, 0.1) is 0 Å². The number of aromatic nitrogens is 2. The minimum Gasteiger partial charge on any atom is -0.265 e. The van der Waals surface area contributed by atoms with Crippen LogP contribution < -0.4 is 0 Å². The number of amidine groups is 1. The molecule has 4 heteroatoms. The van der Waals surface area contributed by atoms with E-state index in [2.05, 4.69) is 119 Å². The van der Waals surface area contributed by atoms with Crippen LogP contribution in [0.1, 0.15) is 58.2 Å². The molecule has 0 amide bonds. The first kappa shape index (κ1) is 29.2. The molecule has 3 heterocycles. The van der Waals surface area contributed by atoms with E-state index in [1.807, 2.05) is 49.1 Å². The molecule has 7 aromatic rings. The second kappa shape index (κ2) is 12.6. The Labute approximate surface area is 286 Å². The summed E-state index contributed by atoms with van der Waals surface area (Å²) < 4.78 is 0. The number of rotatable bonds is 5. The molecule has 2 aromatic heterocycles. The average molecular weight is 631 g/mol. The van der Waals surface area contributed by atoms with Crippen molar-refractivity contribution in [1.82, 2.24) is 9.97 Å². The van der Waals surface area contributed by atoms with Crippen molar-refractivity contribution < 1.29 is 0 Å². The molecule has 2 atom stereocenters. The van der Waals surface area contributed by atoms with Crippen molar-refractivity contribution in [2.45, 2.75) is 31.2 Å². The van der Waals surface area contributed by atoms with Gasteiger partial charge in [-0.3, -0.25) is 15.0 Å². The number of hydrogen-bond acceptors (Lipinski definition) is 4. The summed E-state index contributed by atoms with van der Waals surface area (Å²) in [5, 5.41) is 5.35. The molecule has 2 unspecified atom stereocenters. The SMILES string of the molecule is C1=CC(c2cccc(-c3ccccc3C3CCC(c4ccncc4)=NC(c4ccncc4)=N3)c2)Cc2c1c1ccccc1c1ccccc21. The van der Waals surface area contributed by atoms with E-state index < -0.39 is 0 Å². The maximum atomic E-state index is 5.34. The van der Waals surface area contributed by atoms with Crippen molar-refractivity contribution in [2.24, 2.45) is 9.98 Å². The summed E-state index contributed by atoms with van der Waals surface area (Å²) in [7, 11) is 0. The highest BCUT2D eigenvalue weighted by Crippen LogP contribution is 2.41. The van der Waals surface area contributed by atoms with Crippen molar-refractivity contribution in [3.63, 3.8) is 0 Å². The Kier molecular flexibility index (Phi) is 7.47. The van der Waals surface area contributed by atoms with Crippen LogP contribution in [0.15, 0.2) is 162 Å². The lowest BCUT2D eigenvalue weighted by molar-refractivity contribution is 0.682. The fourth-order valence-electron chi connectivity index (χ4n) is 7.69. The number of pyridine rings is 2. The molecule has 1 aliphatic heterocycles. The van der Waals surface area contributed by atoms with Crippen LogP contribution in [0.2, 0.25) is 0 Å². The Morgan fingerprint density at radius 3 is 2.04 bits per heavy atom. The summed E-state index contributed by atoms with van der Waals surface area (Å²) >= 11 is 0. The molecule has 0 saturated carbocycles. The van der Waals surface area contributed by atoms with Crippen LogP contribution in [0.25, 0.3) is 38.7 Å². The quantitative estimate of drug-likeness (QED) is 0.178. The molecule has 0 N–H and O–H groups in total. The van der Waals surface area contributed by atoms with Crippen LogP contribution in [0.4, 0.5) is 0 Å². The van der Waals surface area contributed by atoms with Crippen LogP contribution in [0.3, 0.4) is 0 Å². The van der Waals surface area contributed by atoms with Crippen LogP contribution in [-0.2, 0) is 6.42 Å². The smallest absolute Gasteiger partial charge is 0.155 e. The fraction of sp³-hybridized carbons (Fsp3) is 0.111. The molecule has 5 aromatic carbocycles. The Morgan fingerprint density at radius 2 is 1.24 bits per heavy atom. The molecule has 1 aliphatic carbocycles. The van der Waals surface area contributed by atoms with E-state index in [0.29, 0.717) is 0 Å². The van der Waals surface area contributed by atoms with E-state index in [4.69, 9.17) is 9.98 Å². The van der Waals surface area contributed by atoms with Gasteiger partial charge in [0.25, 0.3) is 0 Å². The normalized spacial score (nSPS) is 17.3. The molecule has 0 radical (unpaired) electrons. The molecule has 49 heavy (non-hydrogen) atoms. The van der Waals surface area contributed by atoms with Gasteiger partial charge in [0.05, 0.1) is 11.8 Å². The zero-order valence-electron chi connectivity index (χ0n) is 27.1. The number of benzene rings is 5. The maximum Gasteiger partial charge on any atom is 0.155 e. The molecule has 0 fully saturated rings. The first-order valence-electron chi connectivity index (χ1n) is 17.1. The largest absolute Gasteiger partial charge is 0.265 e. The highest BCUT2D eigenvalue weighted by molar-refractivity contribution is 6.14. The molecular formula is C45H34N4. The van der Waals surface area contributed by atoms with Crippen LogP contribution in [-0.4, -0.2) is 21.5 Å². The Bertz CT molecular complexity index is 2430. The summed E-state index contributed by atoms with van der Waals surface area (Å²) in [6, 6.07) is 43.6. The van der Waals surface area contributed by atoms with E-state index in [-0.39, 0.29) is 12.0 Å². The third kappa shape index (κ3) is 5.45. The molecule has 4 nitrogen and oxygen atoms in total. The number of hydrogen-bond donors (Lipinski definition) is 0. The van der Waals surface area contributed by atoms with Crippen molar-refractivity contribution in [3.05, 3.63) is 186 Å². The van der Waals surface area contributed by atoms with Crippen molar-refractivity contribution in [3.8, 4) is 11.1 Å².